The predicted molar refractivity (Wildman–Crippen MR) is 164 cm³/mol. The summed E-state index contributed by atoms with van der Waals surface area (Å²) in [4.78, 5) is 29.3. The van der Waals surface area contributed by atoms with Crippen LogP contribution in [0.15, 0.2) is 65.4 Å². The SMILES string of the molecule is CN=C(CCc1ccccc1)C1=C(N)CCc2cnc(Nc3ccc(C(=O)NC4CCN(C)CC4)cc3OC)nc21. The number of hydrogen-bond donors (Lipinski definition) is 3. The van der Waals surface area contributed by atoms with Crippen LogP contribution < -0.4 is 21.1 Å². The molecule has 9 heteroatoms. The molecule has 0 atom stereocenters. The van der Waals surface area contributed by atoms with Gasteiger partial charge in [0, 0.05) is 41.8 Å². The number of ether oxygens (including phenoxy) is 1. The highest BCUT2D eigenvalue weighted by Crippen LogP contribution is 2.33. The fraction of sp³-hybridized carbons (Fsp3) is 0.375. The average Bonchev–Trinajstić information content (AvgIpc) is 3.00. The Morgan fingerprint density at radius 1 is 1.15 bits per heavy atom. The number of hydrogen-bond acceptors (Lipinski definition) is 8. The van der Waals surface area contributed by atoms with Gasteiger partial charge in [0.1, 0.15) is 5.75 Å². The summed E-state index contributed by atoms with van der Waals surface area (Å²) < 4.78 is 5.64. The number of aliphatic imine (C=N–C) groups is 1. The molecule has 2 heterocycles. The van der Waals surface area contributed by atoms with E-state index in [0.29, 0.717) is 22.9 Å². The molecule has 0 radical (unpaired) electrons. The molecule has 1 aliphatic heterocycles. The molecule has 1 amide bonds. The third kappa shape index (κ3) is 6.74. The summed E-state index contributed by atoms with van der Waals surface area (Å²) in [6.45, 7) is 1.97. The molecule has 3 aromatic rings. The average molecular weight is 554 g/mol. The van der Waals surface area contributed by atoms with Gasteiger partial charge in [-0.25, -0.2) is 9.97 Å². The largest absolute Gasteiger partial charge is 0.495 e. The number of likely N-dealkylation sites (tertiary alicyclic amines) is 1. The maximum atomic E-state index is 12.9. The van der Waals surface area contributed by atoms with Crippen molar-refractivity contribution in [2.75, 3.05) is 39.6 Å². The number of amides is 1. The number of nitrogens with zero attached hydrogens (tertiary/aromatic N) is 4. The molecule has 0 unspecified atom stereocenters. The minimum absolute atomic E-state index is 0.0958. The van der Waals surface area contributed by atoms with Crippen LogP contribution in [0.3, 0.4) is 0 Å². The highest BCUT2D eigenvalue weighted by Gasteiger charge is 2.24. The Bertz CT molecular complexity index is 1440. The lowest BCUT2D eigenvalue weighted by Gasteiger charge is -2.29. The van der Waals surface area contributed by atoms with E-state index in [1.807, 2.05) is 25.4 Å². The summed E-state index contributed by atoms with van der Waals surface area (Å²) in [7, 11) is 5.50. The number of methoxy groups -OCH3 is 1. The van der Waals surface area contributed by atoms with E-state index in [1.54, 1.807) is 19.2 Å². The van der Waals surface area contributed by atoms with Crippen molar-refractivity contribution >= 4 is 28.8 Å². The molecular weight excluding hydrogens is 514 g/mol. The molecule has 1 fully saturated rings. The van der Waals surface area contributed by atoms with Gasteiger partial charge in [0.15, 0.2) is 0 Å². The van der Waals surface area contributed by atoms with E-state index >= 15 is 0 Å². The minimum Gasteiger partial charge on any atom is -0.495 e. The first-order valence-corrected chi connectivity index (χ1v) is 14.2. The summed E-state index contributed by atoms with van der Waals surface area (Å²) in [5, 5.41) is 6.45. The van der Waals surface area contributed by atoms with E-state index in [-0.39, 0.29) is 11.9 Å². The predicted octanol–water partition coefficient (Wildman–Crippen LogP) is 4.37. The van der Waals surface area contributed by atoms with Gasteiger partial charge in [0.05, 0.1) is 18.5 Å². The van der Waals surface area contributed by atoms with Gasteiger partial charge in [0.25, 0.3) is 5.91 Å². The first-order valence-electron chi connectivity index (χ1n) is 14.2. The van der Waals surface area contributed by atoms with Crippen LogP contribution in [-0.4, -0.2) is 66.8 Å². The number of benzene rings is 2. The zero-order chi connectivity index (χ0) is 28.8. The van der Waals surface area contributed by atoms with Crippen molar-refractivity contribution in [3.05, 3.63) is 82.8 Å². The van der Waals surface area contributed by atoms with Crippen LogP contribution in [-0.2, 0) is 12.8 Å². The Morgan fingerprint density at radius 2 is 1.93 bits per heavy atom. The van der Waals surface area contributed by atoms with Crippen LogP contribution in [0.1, 0.15) is 52.9 Å². The molecule has 9 nitrogen and oxygen atoms in total. The molecule has 2 aromatic carbocycles. The summed E-state index contributed by atoms with van der Waals surface area (Å²) in [6, 6.07) is 15.9. The second-order valence-corrected chi connectivity index (χ2v) is 10.7. The Kier molecular flexibility index (Phi) is 8.94. The number of aromatic nitrogens is 2. The monoisotopic (exact) mass is 553 g/mol. The van der Waals surface area contributed by atoms with E-state index in [0.717, 1.165) is 79.9 Å². The number of piperidine rings is 1. The molecule has 5 rings (SSSR count). The van der Waals surface area contributed by atoms with Gasteiger partial charge >= 0.3 is 0 Å². The van der Waals surface area contributed by atoms with Crippen LogP contribution in [0.4, 0.5) is 11.6 Å². The Hall–Kier alpha value is -4.24. The molecule has 1 aromatic heterocycles. The summed E-state index contributed by atoms with van der Waals surface area (Å²) in [5.41, 5.74) is 13.6. The number of aryl methyl sites for hydroxylation is 2. The van der Waals surface area contributed by atoms with E-state index in [2.05, 4.69) is 56.8 Å². The Labute approximate surface area is 241 Å². The minimum atomic E-state index is -0.0958. The molecule has 4 N–H and O–H groups in total. The van der Waals surface area contributed by atoms with Crippen LogP contribution in [0.25, 0.3) is 5.57 Å². The number of fused-ring (bicyclic) bond motifs is 1. The summed E-state index contributed by atoms with van der Waals surface area (Å²) in [6.07, 6.45) is 6.92. The van der Waals surface area contributed by atoms with Crippen molar-refractivity contribution in [3.8, 4) is 5.75 Å². The van der Waals surface area contributed by atoms with E-state index in [4.69, 9.17) is 15.5 Å². The highest BCUT2D eigenvalue weighted by molar-refractivity contribution is 6.24. The molecule has 0 spiro atoms. The molecule has 0 saturated carbocycles. The third-order valence-corrected chi connectivity index (χ3v) is 7.90. The molecular formula is C32H39N7O2. The maximum Gasteiger partial charge on any atom is 0.251 e. The van der Waals surface area contributed by atoms with Crippen molar-refractivity contribution in [1.29, 1.82) is 0 Å². The first kappa shape index (κ1) is 28.3. The second kappa shape index (κ2) is 13.0. The van der Waals surface area contributed by atoms with Crippen molar-refractivity contribution in [1.82, 2.24) is 20.2 Å². The fourth-order valence-corrected chi connectivity index (χ4v) is 5.47. The number of carbonyl (C=O) groups excluding carboxylic acids is 1. The van der Waals surface area contributed by atoms with E-state index < -0.39 is 0 Å². The van der Waals surface area contributed by atoms with Gasteiger partial charge in [0.2, 0.25) is 5.95 Å². The second-order valence-electron chi connectivity index (χ2n) is 10.7. The van der Waals surface area contributed by atoms with E-state index in [9.17, 15) is 4.79 Å². The molecule has 1 aliphatic carbocycles. The van der Waals surface area contributed by atoms with Gasteiger partial charge in [-0.1, -0.05) is 30.3 Å². The van der Waals surface area contributed by atoms with Gasteiger partial charge < -0.3 is 26.0 Å². The van der Waals surface area contributed by atoms with Crippen molar-refractivity contribution in [2.24, 2.45) is 10.7 Å². The van der Waals surface area contributed by atoms with Crippen molar-refractivity contribution < 1.29 is 9.53 Å². The van der Waals surface area contributed by atoms with Crippen molar-refractivity contribution in [3.63, 3.8) is 0 Å². The molecule has 1 saturated heterocycles. The normalized spacial score (nSPS) is 16.3. The van der Waals surface area contributed by atoms with Gasteiger partial charge in [-0.05, 0) is 88.0 Å². The smallest absolute Gasteiger partial charge is 0.251 e. The fourth-order valence-electron chi connectivity index (χ4n) is 5.47. The van der Waals surface area contributed by atoms with Gasteiger partial charge in [-0.2, -0.15) is 0 Å². The molecule has 0 bridgehead atoms. The van der Waals surface area contributed by atoms with Crippen molar-refractivity contribution in [2.45, 2.75) is 44.6 Å². The number of nitrogens with two attached hydrogens (primary N) is 1. The number of carbonyl (C=O) groups is 1. The lowest BCUT2D eigenvalue weighted by molar-refractivity contribution is 0.0916. The van der Waals surface area contributed by atoms with E-state index in [1.165, 1.54) is 5.56 Å². The van der Waals surface area contributed by atoms with Crippen LogP contribution in [0, 0.1) is 0 Å². The Balaban J connectivity index is 1.34. The lowest BCUT2D eigenvalue weighted by atomic mass is 9.89. The summed E-state index contributed by atoms with van der Waals surface area (Å²) in [5.74, 6) is 0.870. The first-order chi connectivity index (χ1) is 19.9. The summed E-state index contributed by atoms with van der Waals surface area (Å²) >= 11 is 0. The molecule has 2 aliphatic rings. The zero-order valence-electron chi connectivity index (χ0n) is 24.1. The zero-order valence-corrected chi connectivity index (χ0v) is 24.1. The number of allylic oxidation sites excluding steroid dienone is 2. The number of nitrogens with one attached hydrogen (secondary N) is 2. The van der Waals surface area contributed by atoms with Crippen LogP contribution in [0.5, 0.6) is 5.75 Å². The van der Waals surface area contributed by atoms with Crippen LogP contribution in [0.2, 0.25) is 0 Å². The van der Waals surface area contributed by atoms with Gasteiger partial charge in [-0.15, -0.1) is 0 Å². The Morgan fingerprint density at radius 3 is 2.66 bits per heavy atom. The number of anilines is 2. The highest BCUT2D eigenvalue weighted by atomic mass is 16.5. The van der Waals surface area contributed by atoms with Crippen LogP contribution >= 0.6 is 0 Å². The topological polar surface area (TPSA) is 118 Å². The molecule has 41 heavy (non-hydrogen) atoms. The van der Waals surface area contributed by atoms with Gasteiger partial charge in [-0.3, -0.25) is 9.79 Å². The molecule has 214 valence electrons. The maximum absolute atomic E-state index is 12.9. The quantitative estimate of drug-likeness (QED) is 0.337. The third-order valence-electron chi connectivity index (χ3n) is 7.90. The lowest BCUT2D eigenvalue weighted by Crippen LogP contribution is -2.43. The number of rotatable bonds is 9. The standard InChI is InChI=1S/C32H39N7O2/c1-34-27(13-9-21-7-5-4-6-8-21)29-25(33)12-10-23-20-35-32(38-30(23)29)37-26-14-11-22(19-28(26)41-3)31(40)36-24-15-17-39(2)18-16-24/h4-8,11,14,19-20,24H,9-10,12-13,15-18,33H2,1-3H3,(H,36,40)(H,35,37,38).